The molecule has 4 nitrogen and oxygen atoms in total. The summed E-state index contributed by atoms with van der Waals surface area (Å²) in [5.41, 5.74) is 0.246. The summed E-state index contributed by atoms with van der Waals surface area (Å²) in [6, 6.07) is 3.56. The molecule has 0 bridgehead atoms. The predicted octanol–water partition coefficient (Wildman–Crippen LogP) is 1.95. The van der Waals surface area contributed by atoms with Gasteiger partial charge in [-0.05, 0) is 49.4 Å². The summed E-state index contributed by atoms with van der Waals surface area (Å²) in [6.07, 6.45) is 3.10. The molecular weight excluding hydrogens is 314 g/mol. The molecule has 0 aromatic heterocycles. The highest BCUT2D eigenvalue weighted by molar-refractivity contribution is 5.76. The van der Waals surface area contributed by atoms with E-state index < -0.39 is 11.6 Å². The number of nitrogens with zero attached hydrogens (tertiary/aromatic N) is 2. The number of hydrogen-bond acceptors (Lipinski definition) is 3. The number of rotatable bonds is 4. The topological polar surface area (TPSA) is 43.8 Å². The van der Waals surface area contributed by atoms with Crippen molar-refractivity contribution >= 4 is 5.91 Å². The van der Waals surface area contributed by atoms with E-state index in [-0.39, 0.29) is 36.5 Å². The Morgan fingerprint density at radius 3 is 2.58 bits per heavy atom. The Kier molecular flexibility index (Phi) is 5.46. The van der Waals surface area contributed by atoms with Crippen molar-refractivity contribution < 1.29 is 18.7 Å². The van der Waals surface area contributed by atoms with Crippen molar-refractivity contribution in [3.05, 3.63) is 35.4 Å². The fourth-order valence-electron chi connectivity index (χ4n) is 3.78. The van der Waals surface area contributed by atoms with Gasteiger partial charge >= 0.3 is 0 Å². The van der Waals surface area contributed by atoms with Crippen LogP contribution >= 0.6 is 0 Å². The Bertz CT molecular complexity index is 588. The Hall–Kier alpha value is -1.53. The van der Waals surface area contributed by atoms with E-state index in [9.17, 15) is 18.7 Å². The molecule has 6 heteroatoms. The molecule has 1 aromatic rings. The second-order valence-corrected chi connectivity index (χ2v) is 6.72. The molecule has 1 amide bonds. The first-order chi connectivity index (χ1) is 11.5. The minimum atomic E-state index is -0.484. The number of benzene rings is 1. The van der Waals surface area contributed by atoms with Crippen LogP contribution in [0, 0.1) is 11.6 Å². The maximum Gasteiger partial charge on any atom is 0.222 e. The number of aliphatic hydroxyl groups is 1. The van der Waals surface area contributed by atoms with Gasteiger partial charge in [0.05, 0.1) is 6.10 Å². The number of amides is 1. The number of piperazine rings is 1. The van der Waals surface area contributed by atoms with Crippen LogP contribution in [0.3, 0.4) is 0 Å². The fourth-order valence-corrected chi connectivity index (χ4v) is 3.78. The monoisotopic (exact) mass is 338 g/mol. The maximum atomic E-state index is 13.6. The van der Waals surface area contributed by atoms with Gasteiger partial charge in [0.15, 0.2) is 0 Å². The summed E-state index contributed by atoms with van der Waals surface area (Å²) in [5.74, 6) is -0.975. The van der Waals surface area contributed by atoms with E-state index in [0.717, 1.165) is 50.6 Å². The van der Waals surface area contributed by atoms with Crippen LogP contribution in [-0.2, 0) is 11.2 Å². The van der Waals surface area contributed by atoms with Gasteiger partial charge in [-0.1, -0.05) is 0 Å². The molecular formula is C18H24F2N2O2. The van der Waals surface area contributed by atoms with E-state index in [1.54, 1.807) is 4.90 Å². The smallest absolute Gasteiger partial charge is 0.222 e. The third-order valence-corrected chi connectivity index (χ3v) is 5.20. The maximum absolute atomic E-state index is 13.6. The molecule has 2 atom stereocenters. The van der Waals surface area contributed by atoms with Crippen molar-refractivity contribution in [1.29, 1.82) is 0 Å². The summed E-state index contributed by atoms with van der Waals surface area (Å²) < 4.78 is 26.8. The number of aryl methyl sites for hydroxylation is 1. The van der Waals surface area contributed by atoms with E-state index in [1.807, 2.05) is 0 Å². The lowest BCUT2D eigenvalue weighted by atomic mass is 10.1. The molecule has 3 rings (SSSR count). The SMILES string of the molecule is O=C(CCc1cc(F)ccc1F)N1CCN(C2CCCC2O)CC1. The molecule has 132 valence electrons. The molecule has 1 heterocycles. The van der Waals surface area contributed by atoms with Crippen LogP contribution in [-0.4, -0.2) is 59.1 Å². The zero-order valence-electron chi connectivity index (χ0n) is 13.8. The lowest BCUT2D eigenvalue weighted by molar-refractivity contribution is -0.133. The van der Waals surface area contributed by atoms with Gasteiger partial charge in [0.2, 0.25) is 5.91 Å². The first kappa shape index (κ1) is 17.3. The van der Waals surface area contributed by atoms with Gasteiger partial charge in [-0.25, -0.2) is 8.78 Å². The van der Waals surface area contributed by atoms with Gasteiger partial charge < -0.3 is 10.0 Å². The van der Waals surface area contributed by atoms with Gasteiger partial charge in [0.1, 0.15) is 11.6 Å². The fraction of sp³-hybridized carbons (Fsp3) is 0.611. The summed E-state index contributed by atoms with van der Waals surface area (Å²) in [5, 5.41) is 9.99. The zero-order chi connectivity index (χ0) is 17.1. The number of aliphatic hydroxyl groups excluding tert-OH is 1. The van der Waals surface area contributed by atoms with Gasteiger partial charge in [-0.2, -0.15) is 0 Å². The molecule has 1 aromatic carbocycles. The normalized spacial score (nSPS) is 25.2. The van der Waals surface area contributed by atoms with Crippen molar-refractivity contribution in [3.8, 4) is 0 Å². The second-order valence-electron chi connectivity index (χ2n) is 6.72. The molecule has 1 saturated heterocycles. The molecule has 0 spiro atoms. The Balaban J connectivity index is 1.47. The predicted molar refractivity (Wildman–Crippen MR) is 86.5 cm³/mol. The summed E-state index contributed by atoms with van der Waals surface area (Å²) in [7, 11) is 0. The van der Waals surface area contributed by atoms with E-state index in [4.69, 9.17) is 0 Å². The van der Waals surface area contributed by atoms with Crippen LogP contribution in [0.15, 0.2) is 18.2 Å². The second kappa shape index (κ2) is 7.57. The molecule has 0 radical (unpaired) electrons. The third kappa shape index (κ3) is 3.92. The molecule has 2 aliphatic rings. The van der Waals surface area contributed by atoms with E-state index >= 15 is 0 Å². The quantitative estimate of drug-likeness (QED) is 0.913. The summed E-state index contributed by atoms with van der Waals surface area (Å²) >= 11 is 0. The average Bonchev–Trinajstić information content (AvgIpc) is 3.01. The number of halogens is 2. The molecule has 1 N–H and O–H groups in total. The lowest BCUT2D eigenvalue weighted by Gasteiger charge is -2.39. The Labute approximate surface area is 141 Å². The molecule has 2 fully saturated rings. The Morgan fingerprint density at radius 1 is 1.17 bits per heavy atom. The average molecular weight is 338 g/mol. The van der Waals surface area contributed by atoms with Crippen LogP contribution in [0.2, 0.25) is 0 Å². The van der Waals surface area contributed by atoms with Crippen molar-refractivity contribution in [2.24, 2.45) is 0 Å². The van der Waals surface area contributed by atoms with Crippen molar-refractivity contribution in [1.82, 2.24) is 9.80 Å². The van der Waals surface area contributed by atoms with Crippen molar-refractivity contribution in [2.45, 2.75) is 44.2 Å². The highest BCUT2D eigenvalue weighted by atomic mass is 19.1. The third-order valence-electron chi connectivity index (χ3n) is 5.20. The minimum absolute atomic E-state index is 0.0229. The number of hydrogen-bond donors (Lipinski definition) is 1. The Morgan fingerprint density at radius 2 is 1.92 bits per heavy atom. The molecule has 1 saturated carbocycles. The summed E-state index contributed by atoms with van der Waals surface area (Å²) in [4.78, 5) is 16.4. The zero-order valence-corrected chi connectivity index (χ0v) is 13.8. The van der Waals surface area contributed by atoms with Crippen molar-refractivity contribution in [2.75, 3.05) is 26.2 Å². The first-order valence-electron chi connectivity index (χ1n) is 8.68. The van der Waals surface area contributed by atoms with Gasteiger partial charge in [-0.15, -0.1) is 0 Å². The molecule has 1 aliphatic carbocycles. The lowest BCUT2D eigenvalue weighted by Crippen LogP contribution is -2.53. The summed E-state index contributed by atoms with van der Waals surface area (Å²) in [6.45, 7) is 2.80. The largest absolute Gasteiger partial charge is 0.391 e. The van der Waals surface area contributed by atoms with Gasteiger partial charge in [0, 0.05) is 38.6 Å². The van der Waals surface area contributed by atoms with Crippen LogP contribution in [0.25, 0.3) is 0 Å². The van der Waals surface area contributed by atoms with Crippen LogP contribution < -0.4 is 0 Å². The van der Waals surface area contributed by atoms with Crippen molar-refractivity contribution in [3.63, 3.8) is 0 Å². The minimum Gasteiger partial charge on any atom is -0.391 e. The van der Waals surface area contributed by atoms with Crippen LogP contribution in [0.4, 0.5) is 8.78 Å². The van der Waals surface area contributed by atoms with E-state index in [2.05, 4.69) is 4.90 Å². The highest BCUT2D eigenvalue weighted by Gasteiger charge is 2.33. The van der Waals surface area contributed by atoms with E-state index in [1.165, 1.54) is 0 Å². The molecule has 24 heavy (non-hydrogen) atoms. The number of carbonyl (C=O) groups excluding carboxylic acids is 1. The van der Waals surface area contributed by atoms with Crippen LogP contribution in [0.5, 0.6) is 0 Å². The first-order valence-corrected chi connectivity index (χ1v) is 8.68. The standard InChI is InChI=1S/C18H24F2N2O2/c19-14-5-6-15(20)13(12-14)4-7-18(24)22-10-8-21(9-11-22)16-2-1-3-17(16)23/h5-6,12,16-17,23H,1-4,7-11H2. The van der Waals surface area contributed by atoms with Gasteiger partial charge in [-0.3, -0.25) is 9.69 Å². The van der Waals surface area contributed by atoms with Crippen LogP contribution in [0.1, 0.15) is 31.2 Å². The van der Waals surface area contributed by atoms with Gasteiger partial charge in [0.25, 0.3) is 0 Å². The number of carbonyl (C=O) groups is 1. The molecule has 2 unspecified atom stereocenters. The molecule has 1 aliphatic heterocycles. The van der Waals surface area contributed by atoms with E-state index in [0.29, 0.717) is 13.1 Å². The highest BCUT2D eigenvalue weighted by Crippen LogP contribution is 2.25.